The van der Waals surface area contributed by atoms with E-state index >= 15 is 0 Å². The van der Waals surface area contributed by atoms with Crippen LogP contribution in [0.3, 0.4) is 0 Å². The van der Waals surface area contributed by atoms with Gasteiger partial charge in [-0.2, -0.15) is 0 Å². The summed E-state index contributed by atoms with van der Waals surface area (Å²) >= 11 is 0. The fraction of sp³-hybridized carbons (Fsp3) is 0.875. The van der Waals surface area contributed by atoms with Crippen molar-refractivity contribution in [3.8, 4) is 0 Å². The van der Waals surface area contributed by atoms with Crippen molar-refractivity contribution in [3.63, 3.8) is 0 Å². The largest absolute Gasteiger partial charge is 0.0866 e. The summed E-state index contributed by atoms with van der Waals surface area (Å²) in [4.78, 5) is 2.96. The van der Waals surface area contributed by atoms with E-state index < -0.39 is 0 Å². The first-order valence-corrected chi connectivity index (χ1v) is 7.81. The summed E-state index contributed by atoms with van der Waals surface area (Å²) in [6.07, 6.45) is 10.5. The van der Waals surface area contributed by atoms with Crippen LogP contribution in [0, 0.1) is 23.7 Å². The van der Waals surface area contributed by atoms with Crippen molar-refractivity contribution in [2.45, 2.75) is 65.8 Å². The van der Waals surface area contributed by atoms with Crippen LogP contribution in [0.15, 0.2) is 17.3 Å². The van der Waals surface area contributed by atoms with E-state index in [2.05, 4.69) is 49.9 Å². The Hall–Kier alpha value is -0.950. The number of allylic oxidation sites excluding steroid dienone is 1. The van der Waals surface area contributed by atoms with Crippen LogP contribution in [-0.4, -0.2) is 6.04 Å². The van der Waals surface area contributed by atoms with Gasteiger partial charge in [-0.15, -0.1) is 0 Å². The third kappa shape index (κ3) is 5.28. The molecule has 0 aromatic heterocycles. The lowest BCUT2D eigenvalue weighted by atomic mass is 9.70. The lowest BCUT2D eigenvalue weighted by Crippen LogP contribution is -2.26. The highest BCUT2D eigenvalue weighted by Gasteiger charge is 2.28. The summed E-state index contributed by atoms with van der Waals surface area (Å²) < 4.78 is 0. The molecule has 0 heterocycles. The topological polar surface area (TPSA) is 48.8 Å². The van der Waals surface area contributed by atoms with Crippen LogP contribution in [0.1, 0.15) is 59.8 Å². The van der Waals surface area contributed by atoms with E-state index in [4.69, 9.17) is 5.53 Å². The molecule has 19 heavy (non-hydrogen) atoms. The Morgan fingerprint density at radius 3 is 2.68 bits per heavy atom. The van der Waals surface area contributed by atoms with Gasteiger partial charge in [-0.25, -0.2) is 0 Å². The Balaban J connectivity index is 2.70. The summed E-state index contributed by atoms with van der Waals surface area (Å²) in [7, 11) is 0. The molecule has 0 aromatic carbocycles. The Morgan fingerprint density at radius 2 is 2.11 bits per heavy atom. The maximum atomic E-state index is 8.61. The SMILES string of the molecule is CCC[C@@H](C=C[C@@H]1C[C@H](C)CC[C@H]1C(C)C)N=[N+]=[N-]. The number of rotatable bonds is 6. The van der Waals surface area contributed by atoms with E-state index in [1.807, 2.05) is 0 Å². The molecule has 0 amide bonds. The first kappa shape index (κ1) is 16.1. The van der Waals surface area contributed by atoms with Crippen molar-refractivity contribution < 1.29 is 0 Å². The second-order valence-electron chi connectivity index (χ2n) is 6.44. The molecule has 1 aliphatic rings. The van der Waals surface area contributed by atoms with Crippen LogP contribution < -0.4 is 0 Å². The van der Waals surface area contributed by atoms with Gasteiger partial charge in [0.1, 0.15) is 0 Å². The van der Waals surface area contributed by atoms with Crippen molar-refractivity contribution in [1.29, 1.82) is 0 Å². The molecule has 0 bridgehead atoms. The van der Waals surface area contributed by atoms with E-state index in [-0.39, 0.29) is 6.04 Å². The minimum Gasteiger partial charge on any atom is -0.0866 e. The summed E-state index contributed by atoms with van der Waals surface area (Å²) in [6, 6.07) is 0.0417. The smallest absolute Gasteiger partial charge is 0.0555 e. The number of azide groups is 1. The zero-order valence-electron chi connectivity index (χ0n) is 12.9. The number of hydrogen-bond acceptors (Lipinski definition) is 1. The Kier molecular flexibility index (Phi) is 7.01. The predicted octanol–water partition coefficient (Wildman–Crippen LogP) is 5.73. The first-order valence-electron chi connectivity index (χ1n) is 7.81. The Labute approximate surface area is 118 Å². The summed E-state index contributed by atoms with van der Waals surface area (Å²) in [6.45, 7) is 9.15. The van der Waals surface area contributed by atoms with Crippen LogP contribution in [-0.2, 0) is 0 Å². The molecule has 3 heteroatoms. The first-order chi connectivity index (χ1) is 9.08. The molecule has 0 unspecified atom stereocenters. The number of hydrogen-bond donors (Lipinski definition) is 0. The van der Waals surface area contributed by atoms with Gasteiger partial charge in [0.25, 0.3) is 0 Å². The zero-order valence-corrected chi connectivity index (χ0v) is 12.9. The Morgan fingerprint density at radius 1 is 1.37 bits per heavy atom. The van der Waals surface area contributed by atoms with E-state index in [1.165, 1.54) is 19.3 Å². The monoisotopic (exact) mass is 263 g/mol. The standard InChI is InChI=1S/C16H29N3/c1-5-6-15(18-19-17)9-8-14-11-13(4)7-10-16(14)12(2)3/h8-9,12-16H,5-7,10-11H2,1-4H3/t13-,14-,15+,16+/m1/s1. The van der Waals surface area contributed by atoms with Crippen molar-refractivity contribution in [2.75, 3.05) is 0 Å². The van der Waals surface area contributed by atoms with Crippen molar-refractivity contribution >= 4 is 0 Å². The third-order valence-electron chi connectivity index (χ3n) is 4.44. The van der Waals surface area contributed by atoms with Crippen LogP contribution in [0.4, 0.5) is 0 Å². The van der Waals surface area contributed by atoms with Gasteiger partial charge in [0, 0.05) is 4.91 Å². The van der Waals surface area contributed by atoms with Crippen molar-refractivity contribution in [2.24, 2.45) is 28.8 Å². The van der Waals surface area contributed by atoms with Gasteiger partial charge in [0.05, 0.1) is 6.04 Å². The maximum absolute atomic E-state index is 8.61. The number of nitrogens with zero attached hydrogens (tertiary/aromatic N) is 3. The zero-order chi connectivity index (χ0) is 14.3. The molecule has 0 spiro atoms. The van der Waals surface area contributed by atoms with E-state index in [9.17, 15) is 0 Å². The van der Waals surface area contributed by atoms with Gasteiger partial charge in [0.15, 0.2) is 0 Å². The molecule has 0 saturated heterocycles. The maximum Gasteiger partial charge on any atom is 0.0555 e. The molecule has 3 nitrogen and oxygen atoms in total. The van der Waals surface area contributed by atoms with Crippen molar-refractivity contribution in [1.82, 2.24) is 0 Å². The molecule has 0 N–H and O–H groups in total. The Bertz CT molecular complexity index is 329. The van der Waals surface area contributed by atoms with E-state index in [0.717, 1.165) is 30.6 Å². The van der Waals surface area contributed by atoms with Crippen molar-refractivity contribution in [3.05, 3.63) is 22.6 Å². The molecule has 0 aromatic rings. The summed E-state index contributed by atoms with van der Waals surface area (Å²) in [5, 5.41) is 3.88. The summed E-state index contributed by atoms with van der Waals surface area (Å²) in [5.74, 6) is 3.03. The molecular weight excluding hydrogens is 234 g/mol. The summed E-state index contributed by atoms with van der Waals surface area (Å²) in [5.41, 5.74) is 8.61. The van der Waals surface area contributed by atoms with E-state index in [1.54, 1.807) is 0 Å². The van der Waals surface area contributed by atoms with Gasteiger partial charge in [-0.05, 0) is 48.5 Å². The molecular formula is C16H29N3. The van der Waals surface area contributed by atoms with Crippen LogP contribution >= 0.6 is 0 Å². The van der Waals surface area contributed by atoms with Gasteiger partial charge >= 0.3 is 0 Å². The minimum atomic E-state index is 0.0417. The van der Waals surface area contributed by atoms with E-state index in [0.29, 0.717) is 5.92 Å². The van der Waals surface area contributed by atoms with Crippen LogP contribution in [0.2, 0.25) is 0 Å². The fourth-order valence-corrected chi connectivity index (χ4v) is 3.32. The van der Waals surface area contributed by atoms with Crippen LogP contribution in [0.25, 0.3) is 10.4 Å². The van der Waals surface area contributed by atoms with Gasteiger partial charge < -0.3 is 0 Å². The predicted molar refractivity (Wildman–Crippen MR) is 81.8 cm³/mol. The highest BCUT2D eigenvalue weighted by atomic mass is 15.1. The average Bonchev–Trinajstić information content (AvgIpc) is 2.36. The van der Waals surface area contributed by atoms with Gasteiger partial charge in [-0.1, -0.05) is 57.8 Å². The molecule has 0 aliphatic heterocycles. The molecule has 1 fully saturated rings. The lowest BCUT2D eigenvalue weighted by Gasteiger charge is -2.36. The average molecular weight is 263 g/mol. The quantitative estimate of drug-likeness (QED) is 0.254. The highest BCUT2D eigenvalue weighted by Crippen LogP contribution is 2.38. The fourth-order valence-electron chi connectivity index (χ4n) is 3.32. The molecule has 108 valence electrons. The van der Waals surface area contributed by atoms with Gasteiger partial charge in [0.2, 0.25) is 0 Å². The minimum absolute atomic E-state index is 0.0417. The molecule has 1 aliphatic carbocycles. The highest BCUT2D eigenvalue weighted by molar-refractivity contribution is 5.00. The lowest BCUT2D eigenvalue weighted by molar-refractivity contribution is 0.178. The molecule has 1 saturated carbocycles. The second kappa shape index (κ2) is 8.27. The van der Waals surface area contributed by atoms with Crippen LogP contribution in [0.5, 0.6) is 0 Å². The third-order valence-corrected chi connectivity index (χ3v) is 4.44. The molecule has 1 rings (SSSR count). The normalized spacial score (nSPS) is 29.4. The second-order valence-corrected chi connectivity index (χ2v) is 6.44. The molecule has 0 radical (unpaired) electrons. The van der Waals surface area contributed by atoms with Gasteiger partial charge in [-0.3, -0.25) is 0 Å². The molecule has 4 atom stereocenters.